The van der Waals surface area contributed by atoms with Crippen molar-refractivity contribution in [1.82, 2.24) is 24.9 Å². The first kappa shape index (κ1) is 15.1. The van der Waals surface area contributed by atoms with E-state index in [9.17, 15) is 4.79 Å². The van der Waals surface area contributed by atoms with Crippen molar-refractivity contribution in [3.63, 3.8) is 0 Å². The fourth-order valence-corrected chi connectivity index (χ4v) is 2.50. The van der Waals surface area contributed by atoms with E-state index >= 15 is 0 Å². The molecule has 1 N–H and O–H groups in total. The molecule has 2 aromatic heterocycles. The Balaban J connectivity index is 1.88. The fraction of sp³-hybridized carbons (Fsp3) is 0.294. The lowest BCUT2D eigenvalue weighted by Gasteiger charge is -2.22. The van der Waals surface area contributed by atoms with Crippen LogP contribution in [0.4, 0.5) is 0 Å². The molecule has 0 saturated carbocycles. The van der Waals surface area contributed by atoms with Gasteiger partial charge in [-0.15, -0.1) is 5.10 Å². The molecular formula is C17H19N5O. The van der Waals surface area contributed by atoms with E-state index in [4.69, 9.17) is 0 Å². The van der Waals surface area contributed by atoms with Crippen molar-refractivity contribution in [3.8, 4) is 0 Å². The highest BCUT2D eigenvalue weighted by molar-refractivity contribution is 5.91. The monoisotopic (exact) mass is 309 g/mol. The molecule has 2 heterocycles. The molecule has 1 atom stereocenters. The maximum absolute atomic E-state index is 12.5. The standard InChI is InChI=1S/C17H19N5O/c1-11(2)14(13-7-5-4-6-8-13)19-16(23)15-20-17-18-10-9-12(3)22(17)21-15/h4-11,14H,1-3H3,(H,19,23)/t14-/m0/s1. The lowest BCUT2D eigenvalue weighted by atomic mass is 9.96. The van der Waals surface area contributed by atoms with Crippen LogP contribution in [0.3, 0.4) is 0 Å². The Morgan fingerprint density at radius 2 is 1.91 bits per heavy atom. The van der Waals surface area contributed by atoms with Gasteiger partial charge in [-0.3, -0.25) is 4.79 Å². The molecule has 0 aliphatic carbocycles. The first-order chi connectivity index (χ1) is 11.1. The number of rotatable bonds is 4. The number of carbonyl (C=O) groups is 1. The lowest BCUT2D eigenvalue weighted by Crippen LogP contribution is -2.32. The predicted molar refractivity (Wildman–Crippen MR) is 87.0 cm³/mol. The van der Waals surface area contributed by atoms with Gasteiger partial charge < -0.3 is 5.32 Å². The number of nitrogens with one attached hydrogen (secondary N) is 1. The number of hydrogen-bond acceptors (Lipinski definition) is 4. The van der Waals surface area contributed by atoms with Gasteiger partial charge in [-0.25, -0.2) is 9.50 Å². The molecule has 23 heavy (non-hydrogen) atoms. The minimum absolute atomic E-state index is 0.0932. The topological polar surface area (TPSA) is 72.2 Å². The molecule has 0 fully saturated rings. The number of amides is 1. The van der Waals surface area contributed by atoms with E-state index in [1.54, 1.807) is 10.7 Å². The Hall–Kier alpha value is -2.76. The molecule has 0 bridgehead atoms. The highest BCUT2D eigenvalue weighted by atomic mass is 16.2. The third-order valence-electron chi connectivity index (χ3n) is 3.74. The molecule has 0 spiro atoms. The zero-order valence-corrected chi connectivity index (χ0v) is 13.4. The van der Waals surface area contributed by atoms with Gasteiger partial charge in [-0.2, -0.15) is 4.98 Å². The third-order valence-corrected chi connectivity index (χ3v) is 3.74. The average Bonchev–Trinajstić information content (AvgIpc) is 2.99. The van der Waals surface area contributed by atoms with Crippen LogP contribution in [0.5, 0.6) is 0 Å². The molecular weight excluding hydrogens is 290 g/mol. The Morgan fingerprint density at radius 1 is 1.17 bits per heavy atom. The zero-order valence-electron chi connectivity index (χ0n) is 13.4. The quantitative estimate of drug-likeness (QED) is 0.804. The Kier molecular flexibility index (Phi) is 4.06. The van der Waals surface area contributed by atoms with Gasteiger partial charge in [-0.1, -0.05) is 44.2 Å². The molecule has 118 valence electrons. The summed E-state index contributed by atoms with van der Waals surface area (Å²) in [4.78, 5) is 20.9. The van der Waals surface area contributed by atoms with Crippen molar-refractivity contribution in [2.45, 2.75) is 26.8 Å². The highest BCUT2D eigenvalue weighted by Gasteiger charge is 2.22. The number of benzene rings is 1. The summed E-state index contributed by atoms with van der Waals surface area (Å²) in [5.41, 5.74) is 1.94. The summed E-state index contributed by atoms with van der Waals surface area (Å²) in [6.45, 7) is 6.04. The van der Waals surface area contributed by atoms with E-state index < -0.39 is 0 Å². The smallest absolute Gasteiger partial charge is 0.291 e. The summed E-state index contributed by atoms with van der Waals surface area (Å²) in [7, 11) is 0. The maximum atomic E-state index is 12.5. The number of fused-ring (bicyclic) bond motifs is 1. The van der Waals surface area contributed by atoms with E-state index in [2.05, 4.69) is 34.2 Å². The molecule has 0 saturated heterocycles. The van der Waals surface area contributed by atoms with Crippen LogP contribution in [-0.2, 0) is 0 Å². The van der Waals surface area contributed by atoms with E-state index in [-0.39, 0.29) is 23.7 Å². The van der Waals surface area contributed by atoms with Crippen molar-refractivity contribution < 1.29 is 4.79 Å². The summed E-state index contributed by atoms with van der Waals surface area (Å²) < 4.78 is 1.57. The van der Waals surface area contributed by atoms with Gasteiger partial charge in [0.25, 0.3) is 11.7 Å². The van der Waals surface area contributed by atoms with E-state index in [1.807, 2.05) is 43.3 Å². The van der Waals surface area contributed by atoms with Crippen LogP contribution in [-0.4, -0.2) is 25.5 Å². The molecule has 0 unspecified atom stereocenters. The van der Waals surface area contributed by atoms with Crippen molar-refractivity contribution in [2.75, 3.05) is 0 Å². The Morgan fingerprint density at radius 3 is 2.57 bits per heavy atom. The molecule has 0 aliphatic rings. The number of nitrogens with zero attached hydrogens (tertiary/aromatic N) is 4. The molecule has 0 aliphatic heterocycles. The van der Waals surface area contributed by atoms with E-state index in [0.717, 1.165) is 11.3 Å². The van der Waals surface area contributed by atoms with Gasteiger partial charge in [-0.05, 0) is 24.5 Å². The molecule has 6 heteroatoms. The fourth-order valence-electron chi connectivity index (χ4n) is 2.50. The molecule has 0 radical (unpaired) electrons. The van der Waals surface area contributed by atoms with Crippen molar-refractivity contribution in [3.05, 3.63) is 59.7 Å². The predicted octanol–water partition coefficient (Wildman–Crippen LogP) is 2.56. The van der Waals surface area contributed by atoms with Crippen LogP contribution in [0.2, 0.25) is 0 Å². The number of aryl methyl sites for hydroxylation is 1. The Labute approximate surface area is 134 Å². The Bertz CT molecular complexity index is 825. The second kappa shape index (κ2) is 6.16. The summed E-state index contributed by atoms with van der Waals surface area (Å²) in [5.74, 6) is 0.514. The second-order valence-electron chi connectivity index (χ2n) is 5.84. The molecule has 1 amide bonds. The minimum Gasteiger partial charge on any atom is -0.342 e. The van der Waals surface area contributed by atoms with Crippen LogP contribution in [0.15, 0.2) is 42.6 Å². The number of hydrogen-bond donors (Lipinski definition) is 1. The largest absolute Gasteiger partial charge is 0.342 e. The van der Waals surface area contributed by atoms with Gasteiger partial charge in [0.2, 0.25) is 5.82 Å². The molecule has 6 nitrogen and oxygen atoms in total. The first-order valence-corrected chi connectivity index (χ1v) is 7.60. The zero-order chi connectivity index (χ0) is 16.4. The molecule has 3 rings (SSSR count). The molecule has 3 aromatic rings. The van der Waals surface area contributed by atoms with Crippen LogP contribution in [0, 0.1) is 12.8 Å². The lowest BCUT2D eigenvalue weighted by molar-refractivity contribution is 0.0915. The van der Waals surface area contributed by atoms with Gasteiger partial charge in [0.15, 0.2) is 0 Å². The van der Waals surface area contributed by atoms with Crippen LogP contribution in [0.25, 0.3) is 5.78 Å². The van der Waals surface area contributed by atoms with E-state index in [0.29, 0.717) is 5.78 Å². The van der Waals surface area contributed by atoms with Crippen LogP contribution < -0.4 is 5.32 Å². The summed E-state index contributed by atoms with van der Waals surface area (Å²) in [6, 6.07) is 11.6. The summed E-state index contributed by atoms with van der Waals surface area (Å²) in [6.07, 6.45) is 1.65. The molecule has 1 aromatic carbocycles. The van der Waals surface area contributed by atoms with Crippen LogP contribution >= 0.6 is 0 Å². The van der Waals surface area contributed by atoms with Gasteiger partial charge in [0.05, 0.1) is 6.04 Å². The SMILES string of the molecule is Cc1ccnc2nc(C(=O)N[C@H](c3ccccc3)C(C)C)nn12. The number of carbonyl (C=O) groups excluding carboxylic acids is 1. The minimum atomic E-state index is -0.294. The third kappa shape index (κ3) is 3.06. The maximum Gasteiger partial charge on any atom is 0.291 e. The van der Waals surface area contributed by atoms with Crippen molar-refractivity contribution >= 4 is 11.7 Å². The van der Waals surface area contributed by atoms with Crippen molar-refractivity contribution in [2.24, 2.45) is 5.92 Å². The number of aromatic nitrogens is 4. The van der Waals surface area contributed by atoms with Gasteiger partial charge in [0, 0.05) is 11.9 Å². The van der Waals surface area contributed by atoms with Crippen LogP contribution in [0.1, 0.15) is 41.8 Å². The average molecular weight is 309 g/mol. The second-order valence-corrected chi connectivity index (χ2v) is 5.84. The normalized spacial score (nSPS) is 12.5. The summed E-state index contributed by atoms with van der Waals surface area (Å²) in [5, 5.41) is 7.27. The van der Waals surface area contributed by atoms with E-state index in [1.165, 1.54) is 0 Å². The van der Waals surface area contributed by atoms with Gasteiger partial charge in [0.1, 0.15) is 0 Å². The van der Waals surface area contributed by atoms with Gasteiger partial charge >= 0.3 is 0 Å². The summed E-state index contributed by atoms with van der Waals surface area (Å²) >= 11 is 0. The highest BCUT2D eigenvalue weighted by Crippen LogP contribution is 2.21. The first-order valence-electron chi connectivity index (χ1n) is 7.60. The van der Waals surface area contributed by atoms with Crippen molar-refractivity contribution in [1.29, 1.82) is 0 Å².